The molecule has 0 aliphatic heterocycles. The highest BCUT2D eigenvalue weighted by atomic mass is 16.6. The van der Waals surface area contributed by atoms with E-state index in [9.17, 15) is 9.59 Å². The molecule has 1 amide bonds. The van der Waals surface area contributed by atoms with Crippen molar-refractivity contribution in [3.8, 4) is 0 Å². The Morgan fingerprint density at radius 3 is 2.10 bits per heavy atom. The summed E-state index contributed by atoms with van der Waals surface area (Å²) in [5.41, 5.74) is -0.566. The minimum absolute atomic E-state index is 0.336. The maximum atomic E-state index is 11.6. The molecule has 0 aromatic carbocycles. The van der Waals surface area contributed by atoms with Crippen molar-refractivity contribution in [1.82, 2.24) is 5.32 Å². The summed E-state index contributed by atoms with van der Waals surface area (Å²) in [6, 6.07) is -0.337. The van der Waals surface area contributed by atoms with Crippen molar-refractivity contribution in [3.63, 3.8) is 0 Å². The lowest BCUT2D eigenvalue weighted by Crippen LogP contribution is -2.38. The van der Waals surface area contributed by atoms with Crippen LogP contribution in [0.1, 0.15) is 54.9 Å². The first kappa shape index (κ1) is 20.8. The second-order valence-electron chi connectivity index (χ2n) is 5.58. The molecule has 0 fully saturated rings. The summed E-state index contributed by atoms with van der Waals surface area (Å²) in [5, 5.41) is 11.2. The van der Waals surface area contributed by atoms with Crippen molar-refractivity contribution in [2.45, 2.75) is 66.5 Å². The molecule has 118 valence electrons. The van der Waals surface area contributed by atoms with E-state index in [2.05, 4.69) is 5.32 Å². The predicted molar refractivity (Wildman–Crippen MR) is 80.7 cm³/mol. The molecule has 0 unspecified atom stereocenters. The molecule has 0 aliphatic rings. The fraction of sp³-hybridized carbons (Fsp3) is 0.733. The number of nitrogens with one attached hydrogen (secondary N) is 1. The predicted octanol–water partition coefficient (Wildman–Crippen LogP) is 3.59. The first-order valence-electron chi connectivity index (χ1n) is 7.01. The monoisotopic (exact) mass is 287 g/mol. The average molecular weight is 287 g/mol. The van der Waals surface area contributed by atoms with Crippen LogP contribution >= 0.6 is 0 Å². The number of hydrogen-bond donors (Lipinski definition) is 2. The highest BCUT2D eigenvalue weighted by Gasteiger charge is 2.18. The molecule has 0 aliphatic carbocycles. The maximum absolute atomic E-state index is 11.6. The molecule has 5 heteroatoms. The Morgan fingerprint density at radius 2 is 1.75 bits per heavy atom. The number of alkyl carbamates (subject to hydrolysis) is 1. The van der Waals surface area contributed by atoms with Crippen LogP contribution in [0.2, 0.25) is 0 Å². The average Bonchev–Trinajstić information content (AvgIpc) is 2.25. The van der Waals surface area contributed by atoms with Gasteiger partial charge in [-0.15, -0.1) is 0 Å². The second kappa shape index (κ2) is 10.3. The smallest absolute Gasteiger partial charge is 0.408 e. The number of amides is 1. The van der Waals surface area contributed by atoms with E-state index < -0.39 is 17.7 Å². The number of aliphatic carboxylic acids is 1. The van der Waals surface area contributed by atoms with Crippen molar-refractivity contribution in [2.24, 2.45) is 5.92 Å². The van der Waals surface area contributed by atoms with Gasteiger partial charge in [-0.05, 0) is 33.1 Å². The molecular formula is C15H29NO4. The van der Waals surface area contributed by atoms with Crippen LogP contribution in [0.15, 0.2) is 12.2 Å². The Bertz CT molecular complexity index is 316. The van der Waals surface area contributed by atoms with E-state index in [1.807, 2.05) is 27.7 Å². The van der Waals surface area contributed by atoms with E-state index in [4.69, 9.17) is 9.84 Å². The first-order chi connectivity index (χ1) is 9.10. The Morgan fingerprint density at radius 1 is 1.25 bits per heavy atom. The molecule has 0 aromatic rings. The summed E-state index contributed by atoms with van der Waals surface area (Å²) in [6.07, 6.45) is 2.61. The summed E-state index contributed by atoms with van der Waals surface area (Å²) < 4.78 is 5.13. The Hall–Kier alpha value is -1.52. The van der Waals surface area contributed by atoms with Crippen LogP contribution in [-0.2, 0) is 9.53 Å². The van der Waals surface area contributed by atoms with Gasteiger partial charge < -0.3 is 15.2 Å². The number of carboxylic acids is 1. The lowest BCUT2D eigenvalue weighted by atomic mass is 10.0. The number of carbonyl (C=O) groups is 2. The standard InChI is InChI=1S/C13H23NO4.C2H6/c1-9(2)8-10(6-7-11(15)16)14-12(17)18-13(3,4)5;1-2/h6-7,9-10H,8H2,1-5H3,(H,14,17)(H,15,16);1-2H3/b7-6+;/t10-;/m1./s1. The van der Waals surface area contributed by atoms with E-state index in [-0.39, 0.29) is 6.04 Å². The van der Waals surface area contributed by atoms with Gasteiger partial charge in [0.15, 0.2) is 0 Å². The molecule has 0 bridgehead atoms. The SMILES string of the molecule is CC.CC(C)C[C@@H](/C=C/C(=O)O)NC(=O)OC(C)(C)C. The third-order valence-corrected chi connectivity index (χ3v) is 1.90. The quantitative estimate of drug-likeness (QED) is 0.758. The van der Waals surface area contributed by atoms with Crippen molar-refractivity contribution in [1.29, 1.82) is 0 Å². The van der Waals surface area contributed by atoms with E-state index >= 15 is 0 Å². The first-order valence-corrected chi connectivity index (χ1v) is 7.01. The Labute approximate surface area is 122 Å². The number of ether oxygens (including phenoxy) is 1. The number of carboxylic acid groups (broad SMARTS) is 1. The van der Waals surface area contributed by atoms with Crippen LogP contribution < -0.4 is 5.32 Å². The van der Waals surface area contributed by atoms with Crippen molar-refractivity contribution < 1.29 is 19.4 Å². The molecule has 0 aromatic heterocycles. The van der Waals surface area contributed by atoms with Crippen molar-refractivity contribution in [3.05, 3.63) is 12.2 Å². The van der Waals surface area contributed by atoms with Gasteiger partial charge in [0.05, 0.1) is 6.04 Å². The molecule has 5 nitrogen and oxygen atoms in total. The summed E-state index contributed by atoms with van der Waals surface area (Å²) in [5.74, 6) is -0.696. The molecular weight excluding hydrogens is 258 g/mol. The Kier molecular flexibility index (Phi) is 10.7. The zero-order chi connectivity index (χ0) is 16.3. The lowest BCUT2D eigenvalue weighted by Gasteiger charge is -2.23. The molecule has 0 saturated carbocycles. The number of hydrogen-bond acceptors (Lipinski definition) is 3. The summed E-state index contributed by atoms with van der Waals surface area (Å²) in [7, 11) is 0. The largest absolute Gasteiger partial charge is 0.478 e. The highest BCUT2D eigenvalue weighted by molar-refractivity contribution is 5.80. The van der Waals surface area contributed by atoms with Gasteiger partial charge in [-0.3, -0.25) is 0 Å². The van der Waals surface area contributed by atoms with Gasteiger partial charge in [-0.2, -0.15) is 0 Å². The second-order valence-corrected chi connectivity index (χ2v) is 5.58. The zero-order valence-corrected chi connectivity index (χ0v) is 13.7. The highest BCUT2D eigenvalue weighted by Crippen LogP contribution is 2.10. The lowest BCUT2D eigenvalue weighted by molar-refractivity contribution is -0.131. The van der Waals surface area contributed by atoms with E-state index in [1.54, 1.807) is 20.8 Å². The summed E-state index contributed by atoms with van der Waals surface area (Å²) in [6.45, 7) is 13.3. The molecule has 2 N–H and O–H groups in total. The minimum atomic E-state index is -1.03. The van der Waals surface area contributed by atoms with Crippen LogP contribution in [-0.4, -0.2) is 28.8 Å². The summed E-state index contributed by atoms with van der Waals surface area (Å²) >= 11 is 0. The number of carbonyl (C=O) groups excluding carboxylic acids is 1. The molecule has 0 spiro atoms. The fourth-order valence-electron chi connectivity index (χ4n) is 1.35. The van der Waals surface area contributed by atoms with E-state index in [1.165, 1.54) is 6.08 Å². The van der Waals surface area contributed by atoms with Gasteiger partial charge in [0.25, 0.3) is 0 Å². The van der Waals surface area contributed by atoms with E-state index in [0.717, 1.165) is 6.08 Å². The van der Waals surface area contributed by atoms with Gasteiger partial charge in [-0.1, -0.05) is 33.8 Å². The molecule has 0 heterocycles. The zero-order valence-electron chi connectivity index (χ0n) is 13.7. The third kappa shape index (κ3) is 14.5. The Balaban J connectivity index is 0. The topological polar surface area (TPSA) is 75.6 Å². The number of rotatable bonds is 5. The maximum Gasteiger partial charge on any atom is 0.408 e. The normalized spacial score (nSPS) is 12.6. The third-order valence-electron chi connectivity index (χ3n) is 1.90. The summed E-state index contributed by atoms with van der Waals surface area (Å²) in [4.78, 5) is 22.1. The van der Waals surface area contributed by atoms with Crippen LogP contribution in [0.5, 0.6) is 0 Å². The molecule has 0 rings (SSSR count). The fourth-order valence-corrected chi connectivity index (χ4v) is 1.35. The molecule has 20 heavy (non-hydrogen) atoms. The van der Waals surface area contributed by atoms with Crippen molar-refractivity contribution in [2.75, 3.05) is 0 Å². The minimum Gasteiger partial charge on any atom is -0.478 e. The van der Waals surface area contributed by atoms with Crippen LogP contribution in [0.3, 0.4) is 0 Å². The van der Waals surface area contributed by atoms with Gasteiger partial charge >= 0.3 is 12.1 Å². The van der Waals surface area contributed by atoms with Gasteiger partial charge in [0, 0.05) is 6.08 Å². The van der Waals surface area contributed by atoms with Crippen LogP contribution in [0, 0.1) is 5.92 Å². The molecule has 1 atom stereocenters. The van der Waals surface area contributed by atoms with E-state index in [0.29, 0.717) is 12.3 Å². The molecule has 0 saturated heterocycles. The van der Waals surface area contributed by atoms with Crippen molar-refractivity contribution >= 4 is 12.1 Å². The van der Waals surface area contributed by atoms with Crippen LogP contribution in [0.4, 0.5) is 4.79 Å². The van der Waals surface area contributed by atoms with Crippen LogP contribution in [0.25, 0.3) is 0 Å². The van der Waals surface area contributed by atoms with Gasteiger partial charge in [0.2, 0.25) is 0 Å². The van der Waals surface area contributed by atoms with Gasteiger partial charge in [0.1, 0.15) is 5.60 Å². The van der Waals surface area contributed by atoms with Gasteiger partial charge in [-0.25, -0.2) is 9.59 Å². The molecule has 0 radical (unpaired) electrons.